The molecule has 0 spiro atoms. The van der Waals surface area contributed by atoms with Crippen molar-refractivity contribution in [3.05, 3.63) is 71.8 Å². The third-order valence-corrected chi connectivity index (χ3v) is 9.59. The van der Waals surface area contributed by atoms with E-state index >= 15 is 0 Å². The Labute approximate surface area is 309 Å². The van der Waals surface area contributed by atoms with Crippen LogP contribution in [0.3, 0.4) is 0 Å². The molecule has 11 nitrogen and oxygen atoms in total. The third-order valence-electron chi connectivity index (χ3n) is 9.59. The first kappa shape index (κ1) is 40.8. The summed E-state index contributed by atoms with van der Waals surface area (Å²) in [6.45, 7) is 14.8. The van der Waals surface area contributed by atoms with Crippen LogP contribution in [0.15, 0.2) is 65.7 Å². The maximum atomic E-state index is 14.1. The van der Waals surface area contributed by atoms with Gasteiger partial charge >= 0.3 is 0 Å². The monoisotopic (exact) mass is 717 g/mol. The summed E-state index contributed by atoms with van der Waals surface area (Å²) in [4.78, 5) is 61.7. The van der Waals surface area contributed by atoms with E-state index in [-0.39, 0.29) is 41.9 Å². The predicted octanol–water partition coefficient (Wildman–Crippen LogP) is 3.93. The first-order valence-corrected chi connectivity index (χ1v) is 18.8. The number of ketones is 1. The summed E-state index contributed by atoms with van der Waals surface area (Å²) in [5.41, 5.74) is 1.73. The van der Waals surface area contributed by atoms with Gasteiger partial charge < -0.3 is 25.4 Å². The fourth-order valence-corrected chi connectivity index (χ4v) is 6.46. The lowest BCUT2D eigenvalue weighted by Crippen LogP contribution is -2.54. The molecule has 11 heteroatoms. The summed E-state index contributed by atoms with van der Waals surface area (Å²) >= 11 is 0. The highest BCUT2D eigenvalue weighted by atomic mass is 16.6. The van der Waals surface area contributed by atoms with E-state index in [2.05, 4.69) is 29.8 Å². The number of carbonyl (C=O) groups is 4. The van der Waals surface area contributed by atoms with Crippen LogP contribution in [0, 0.1) is 11.8 Å². The van der Waals surface area contributed by atoms with E-state index in [0.29, 0.717) is 70.7 Å². The number of Topliss-reactive ketones (excluding diaryl/α,β-unsaturated/α-hetero) is 1. The number of nitrogens with one attached hydrogen (secondary N) is 3. The average Bonchev–Trinajstić information content (AvgIpc) is 3.87. The molecule has 5 atom stereocenters. The topological polar surface area (TPSA) is 142 Å². The molecule has 2 fully saturated rings. The first-order chi connectivity index (χ1) is 24.8. The Morgan fingerprint density at radius 1 is 0.788 bits per heavy atom. The minimum atomic E-state index is -0.873. The van der Waals surface area contributed by atoms with Crippen LogP contribution in [-0.2, 0) is 41.5 Å². The summed E-state index contributed by atoms with van der Waals surface area (Å²) < 4.78 is 10.9. The van der Waals surface area contributed by atoms with Gasteiger partial charge in [0.1, 0.15) is 17.7 Å². The molecule has 52 heavy (non-hydrogen) atoms. The van der Waals surface area contributed by atoms with E-state index in [1.54, 1.807) is 6.92 Å². The van der Waals surface area contributed by atoms with E-state index in [0.717, 1.165) is 11.1 Å². The van der Waals surface area contributed by atoms with Gasteiger partial charge in [0.05, 0.1) is 38.4 Å². The van der Waals surface area contributed by atoms with Gasteiger partial charge in [0, 0.05) is 25.2 Å². The van der Waals surface area contributed by atoms with Crippen molar-refractivity contribution in [1.82, 2.24) is 20.9 Å². The molecule has 2 aromatic rings. The molecular formula is C41H59N5O6. The van der Waals surface area contributed by atoms with Crippen molar-refractivity contribution >= 4 is 29.2 Å². The van der Waals surface area contributed by atoms with Gasteiger partial charge in [-0.2, -0.15) is 0 Å². The molecule has 2 saturated heterocycles. The Balaban J connectivity index is 1.56. The molecule has 0 aromatic heterocycles. The number of aryl methyl sites for hydroxylation is 1. The SMILES string of the molecule is CC(=NC(Cc1ccccc1)C(=O)NC(CC(C)C)C(=O)C1(C)CO1)C(CC(C)C)NC(=O)C(CCc1ccccc1)NC(=O)CN1CCOCC1. The molecule has 5 unspecified atom stereocenters. The van der Waals surface area contributed by atoms with Crippen molar-refractivity contribution in [2.24, 2.45) is 16.8 Å². The van der Waals surface area contributed by atoms with E-state index in [1.165, 1.54) is 0 Å². The standard InChI is InChI=1S/C41H59N5O6/c1-28(2)23-34(44-39(49)33(18-17-31-13-9-7-10-14-31)43-37(47)26-46-19-21-51-22-20-46)30(5)42-36(25-32-15-11-8-12-16-32)40(50)45-35(24-29(3)4)38(48)41(6)27-52-41/h7-16,28-29,33-36H,17-27H2,1-6H3,(H,43,47)(H,44,49)(H,45,50). The number of amides is 3. The Morgan fingerprint density at radius 3 is 1.92 bits per heavy atom. The number of ether oxygens (including phenoxy) is 2. The summed E-state index contributed by atoms with van der Waals surface area (Å²) in [7, 11) is 0. The molecule has 284 valence electrons. The number of nitrogens with zero attached hydrogens (tertiary/aromatic N) is 2. The predicted molar refractivity (Wildman–Crippen MR) is 203 cm³/mol. The molecule has 2 aliphatic heterocycles. The smallest absolute Gasteiger partial charge is 0.245 e. The van der Waals surface area contributed by atoms with Gasteiger partial charge in [-0.3, -0.25) is 29.1 Å². The number of aliphatic imine (C=N–C) groups is 1. The van der Waals surface area contributed by atoms with Gasteiger partial charge in [-0.25, -0.2) is 0 Å². The summed E-state index contributed by atoms with van der Waals surface area (Å²) in [5, 5.41) is 9.23. The van der Waals surface area contributed by atoms with Crippen LogP contribution in [0.4, 0.5) is 0 Å². The van der Waals surface area contributed by atoms with Crippen molar-refractivity contribution in [2.45, 2.75) is 103 Å². The highest BCUT2D eigenvalue weighted by Crippen LogP contribution is 2.30. The molecule has 0 radical (unpaired) electrons. The Kier molecular flexibility index (Phi) is 15.5. The second-order valence-corrected chi connectivity index (χ2v) is 15.3. The lowest BCUT2D eigenvalue weighted by molar-refractivity contribution is -0.131. The second kappa shape index (κ2) is 19.8. The van der Waals surface area contributed by atoms with Crippen molar-refractivity contribution in [3.63, 3.8) is 0 Å². The van der Waals surface area contributed by atoms with E-state index < -0.39 is 29.8 Å². The number of morpholine rings is 1. The zero-order valence-corrected chi connectivity index (χ0v) is 31.9. The quantitative estimate of drug-likeness (QED) is 0.139. The van der Waals surface area contributed by atoms with Crippen LogP contribution in [0.5, 0.6) is 0 Å². The molecule has 2 aliphatic rings. The van der Waals surface area contributed by atoms with Crippen LogP contribution in [0.25, 0.3) is 0 Å². The van der Waals surface area contributed by atoms with Crippen LogP contribution in [0.2, 0.25) is 0 Å². The second-order valence-electron chi connectivity index (χ2n) is 15.3. The van der Waals surface area contributed by atoms with Gasteiger partial charge in [0.15, 0.2) is 5.78 Å². The molecule has 2 aromatic carbocycles. The number of hydrogen-bond acceptors (Lipinski definition) is 8. The largest absolute Gasteiger partial charge is 0.379 e. The minimum absolute atomic E-state index is 0.129. The van der Waals surface area contributed by atoms with Crippen LogP contribution in [0.1, 0.15) is 71.9 Å². The summed E-state index contributed by atoms with van der Waals surface area (Å²) in [6.07, 6.45) is 2.41. The Bertz CT molecular complexity index is 1490. The number of benzene rings is 2. The number of rotatable bonds is 20. The maximum absolute atomic E-state index is 14.1. The molecule has 2 heterocycles. The molecule has 4 rings (SSSR count). The fourth-order valence-electron chi connectivity index (χ4n) is 6.46. The van der Waals surface area contributed by atoms with Gasteiger partial charge in [0.25, 0.3) is 0 Å². The van der Waals surface area contributed by atoms with Crippen LogP contribution in [-0.4, -0.2) is 103 Å². The normalized spacial score (nSPS) is 20.1. The molecule has 3 amide bonds. The maximum Gasteiger partial charge on any atom is 0.245 e. The van der Waals surface area contributed by atoms with Crippen LogP contribution >= 0.6 is 0 Å². The Hall–Kier alpha value is -3.93. The van der Waals surface area contributed by atoms with Gasteiger partial charge in [0.2, 0.25) is 17.7 Å². The minimum Gasteiger partial charge on any atom is -0.379 e. The molecule has 3 N–H and O–H groups in total. The first-order valence-electron chi connectivity index (χ1n) is 18.8. The van der Waals surface area contributed by atoms with Crippen molar-refractivity contribution in [1.29, 1.82) is 0 Å². The van der Waals surface area contributed by atoms with E-state index in [4.69, 9.17) is 14.5 Å². The van der Waals surface area contributed by atoms with Gasteiger partial charge in [-0.15, -0.1) is 0 Å². The molecule has 0 saturated carbocycles. The van der Waals surface area contributed by atoms with Crippen molar-refractivity contribution < 1.29 is 28.7 Å². The average molecular weight is 718 g/mol. The third kappa shape index (κ3) is 13.2. The van der Waals surface area contributed by atoms with Crippen molar-refractivity contribution in [2.75, 3.05) is 39.5 Å². The van der Waals surface area contributed by atoms with E-state index in [9.17, 15) is 19.2 Å². The molecule has 0 aliphatic carbocycles. The van der Waals surface area contributed by atoms with Crippen molar-refractivity contribution in [3.8, 4) is 0 Å². The summed E-state index contributed by atoms with van der Waals surface area (Å²) in [6, 6.07) is 16.8. The lowest BCUT2D eigenvalue weighted by Gasteiger charge is -2.28. The lowest BCUT2D eigenvalue weighted by atomic mass is 9.93. The fraction of sp³-hybridized carbons (Fsp3) is 0.585. The number of carbonyl (C=O) groups excluding carboxylic acids is 4. The Morgan fingerprint density at radius 2 is 1.35 bits per heavy atom. The zero-order valence-electron chi connectivity index (χ0n) is 31.9. The zero-order chi connectivity index (χ0) is 37.7. The number of hydrogen-bond donors (Lipinski definition) is 3. The number of epoxide rings is 1. The van der Waals surface area contributed by atoms with E-state index in [1.807, 2.05) is 86.3 Å². The highest BCUT2D eigenvalue weighted by Gasteiger charge is 2.50. The molecule has 0 bridgehead atoms. The highest BCUT2D eigenvalue weighted by molar-refractivity contribution is 5.99. The van der Waals surface area contributed by atoms with Crippen LogP contribution < -0.4 is 16.0 Å². The summed E-state index contributed by atoms with van der Waals surface area (Å²) in [5.74, 6) is -0.618. The molecular weight excluding hydrogens is 658 g/mol. The van der Waals surface area contributed by atoms with Gasteiger partial charge in [-0.05, 0) is 62.5 Å². The van der Waals surface area contributed by atoms with Gasteiger partial charge in [-0.1, -0.05) is 88.4 Å².